The molecule has 1 fully saturated rings. The van der Waals surface area contributed by atoms with Crippen molar-refractivity contribution in [3.8, 4) is 0 Å². The molecule has 100 valence electrons. The summed E-state index contributed by atoms with van der Waals surface area (Å²) in [5, 5.41) is 0. The van der Waals surface area contributed by atoms with Gasteiger partial charge in [0.05, 0.1) is 0 Å². The average molecular weight is 240 g/mol. The molecule has 0 N–H and O–H groups in total. The lowest BCUT2D eigenvalue weighted by Gasteiger charge is -2.33. The molecule has 2 amide bonds. The third kappa shape index (κ3) is 4.97. The maximum absolute atomic E-state index is 12.4. The van der Waals surface area contributed by atoms with Crippen LogP contribution < -0.4 is 0 Å². The zero-order valence-electron chi connectivity index (χ0n) is 11.6. The smallest absolute Gasteiger partial charge is 0.319 e. The molecule has 1 heterocycles. The minimum absolute atomic E-state index is 0.284. The van der Waals surface area contributed by atoms with Crippen LogP contribution in [0.4, 0.5) is 4.79 Å². The van der Waals surface area contributed by atoms with Gasteiger partial charge >= 0.3 is 6.03 Å². The van der Waals surface area contributed by atoms with Gasteiger partial charge in [0.25, 0.3) is 0 Å². The van der Waals surface area contributed by atoms with Crippen molar-refractivity contribution in [3.63, 3.8) is 0 Å². The molecule has 0 spiro atoms. The number of likely N-dealkylation sites (tertiary alicyclic amines) is 1. The second-order valence-electron chi connectivity index (χ2n) is 5.02. The van der Waals surface area contributed by atoms with E-state index in [4.69, 9.17) is 0 Å². The van der Waals surface area contributed by atoms with E-state index in [2.05, 4.69) is 23.6 Å². The molecule has 1 rings (SSSR count). The van der Waals surface area contributed by atoms with E-state index >= 15 is 0 Å². The van der Waals surface area contributed by atoms with Crippen LogP contribution in [0, 0.1) is 0 Å². The molecule has 0 atom stereocenters. The van der Waals surface area contributed by atoms with E-state index in [9.17, 15) is 4.79 Å². The van der Waals surface area contributed by atoms with Crippen molar-refractivity contribution >= 4 is 6.03 Å². The number of amides is 2. The normalized spacial score (nSPS) is 16.0. The summed E-state index contributed by atoms with van der Waals surface area (Å²) in [6, 6.07) is 0.284. The summed E-state index contributed by atoms with van der Waals surface area (Å²) in [4.78, 5) is 16.5. The van der Waals surface area contributed by atoms with Crippen LogP contribution in [0.3, 0.4) is 0 Å². The van der Waals surface area contributed by atoms with Gasteiger partial charge in [-0.15, -0.1) is 0 Å². The van der Waals surface area contributed by atoms with Crippen LogP contribution in [0.1, 0.15) is 58.8 Å². The van der Waals surface area contributed by atoms with E-state index < -0.39 is 0 Å². The van der Waals surface area contributed by atoms with Crippen molar-refractivity contribution in [1.29, 1.82) is 0 Å². The van der Waals surface area contributed by atoms with Crippen LogP contribution in [0.2, 0.25) is 0 Å². The first-order valence-electron chi connectivity index (χ1n) is 7.33. The molecule has 1 aliphatic rings. The van der Waals surface area contributed by atoms with Gasteiger partial charge in [-0.05, 0) is 32.1 Å². The second-order valence-corrected chi connectivity index (χ2v) is 5.02. The largest absolute Gasteiger partial charge is 0.325 e. The van der Waals surface area contributed by atoms with Crippen LogP contribution in [0.15, 0.2) is 0 Å². The first-order valence-corrected chi connectivity index (χ1v) is 7.33. The Morgan fingerprint density at radius 1 is 1.00 bits per heavy atom. The number of hydrogen-bond donors (Lipinski definition) is 0. The molecule has 3 heteroatoms. The summed E-state index contributed by atoms with van der Waals surface area (Å²) in [7, 11) is 0. The fourth-order valence-electron chi connectivity index (χ4n) is 2.29. The summed E-state index contributed by atoms with van der Waals surface area (Å²) in [6.45, 7) is 8.17. The Hall–Kier alpha value is -0.730. The fraction of sp³-hybridized carbons (Fsp3) is 0.929. The highest BCUT2D eigenvalue weighted by atomic mass is 16.2. The zero-order chi connectivity index (χ0) is 12.5. The van der Waals surface area contributed by atoms with Crippen LogP contribution in [0.25, 0.3) is 0 Å². The number of hydrogen-bond acceptors (Lipinski definition) is 1. The van der Waals surface area contributed by atoms with E-state index in [1.165, 1.54) is 19.3 Å². The van der Waals surface area contributed by atoms with Crippen molar-refractivity contribution < 1.29 is 4.79 Å². The molecular weight excluding hydrogens is 212 g/mol. The molecule has 0 aromatic heterocycles. The van der Waals surface area contributed by atoms with Gasteiger partial charge in [0.15, 0.2) is 0 Å². The van der Waals surface area contributed by atoms with E-state index in [0.717, 1.165) is 51.9 Å². The summed E-state index contributed by atoms with van der Waals surface area (Å²) < 4.78 is 0. The van der Waals surface area contributed by atoms with E-state index in [-0.39, 0.29) is 6.03 Å². The zero-order valence-corrected chi connectivity index (χ0v) is 11.6. The predicted molar refractivity (Wildman–Crippen MR) is 72.2 cm³/mol. The molecule has 0 aromatic rings. The Morgan fingerprint density at radius 2 is 1.53 bits per heavy atom. The quantitative estimate of drug-likeness (QED) is 0.697. The number of urea groups is 1. The highest BCUT2D eigenvalue weighted by Crippen LogP contribution is 2.12. The standard InChI is InChI=1S/C14H28N2O/c1-3-5-10-15(11-6-4-2)14(17)16-12-8-7-9-13-16/h3-13H2,1-2H3. The van der Waals surface area contributed by atoms with E-state index in [1.807, 2.05) is 0 Å². The summed E-state index contributed by atoms with van der Waals surface area (Å²) in [5.74, 6) is 0. The number of carbonyl (C=O) groups is 1. The molecule has 0 bridgehead atoms. The summed E-state index contributed by atoms with van der Waals surface area (Å²) in [6.07, 6.45) is 8.23. The first kappa shape index (κ1) is 14.3. The lowest BCUT2D eigenvalue weighted by molar-refractivity contribution is 0.142. The van der Waals surface area contributed by atoms with Crippen LogP contribution >= 0.6 is 0 Å². The van der Waals surface area contributed by atoms with Crippen molar-refractivity contribution in [3.05, 3.63) is 0 Å². The fourth-order valence-corrected chi connectivity index (χ4v) is 2.29. The van der Waals surface area contributed by atoms with Crippen molar-refractivity contribution in [2.75, 3.05) is 26.2 Å². The minimum Gasteiger partial charge on any atom is -0.325 e. The highest BCUT2D eigenvalue weighted by molar-refractivity contribution is 5.74. The topological polar surface area (TPSA) is 23.6 Å². The SMILES string of the molecule is CCCCN(CCCC)C(=O)N1CCCCC1. The first-order chi connectivity index (χ1) is 8.29. The van der Waals surface area contributed by atoms with E-state index in [0.29, 0.717) is 0 Å². The minimum atomic E-state index is 0.284. The average Bonchev–Trinajstić information content (AvgIpc) is 2.39. The maximum atomic E-state index is 12.4. The van der Waals surface area contributed by atoms with Crippen LogP contribution in [-0.4, -0.2) is 42.0 Å². The molecule has 0 unspecified atom stereocenters. The number of piperidine rings is 1. The third-order valence-corrected chi connectivity index (χ3v) is 3.46. The van der Waals surface area contributed by atoms with Crippen LogP contribution in [0.5, 0.6) is 0 Å². The van der Waals surface area contributed by atoms with Crippen LogP contribution in [-0.2, 0) is 0 Å². The Balaban J connectivity index is 2.44. The van der Waals surface area contributed by atoms with Gasteiger partial charge in [-0.25, -0.2) is 4.79 Å². The molecule has 1 saturated heterocycles. The van der Waals surface area contributed by atoms with Gasteiger partial charge in [-0.3, -0.25) is 0 Å². The van der Waals surface area contributed by atoms with Crippen molar-refractivity contribution in [1.82, 2.24) is 9.80 Å². The van der Waals surface area contributed by atoms with Gasteiger partial charge in [0.1, 0.15) is 0 Å². The molecule has 0 aliphatic carbocycles. The Labute approximate surface area is 106 Å². The van der Waals surface area contributed by atoms with Gasteiger partial charge < -0.3 is 9.80 Å². The van der Waals surface area contributed by atoms with Gasteiger partial charge in [-0.2, -0.15) is 0 Å². The van der Waals surface area contributed by atoms with Crippen molar-refractivity contribution in [2.45, 2.75) is 58.8 Å². The van der Waals surface area contributed by atoms with Gasteiger partial charge in [-0.1, -0.05) is 26.7 Å². The number of nitrogens with zero attached hydrogens (tertiary/aromatic N) is 2. The maximum Gasteiger partial charge on any atom is 0.319 e. The lowest BCUT2D eigenvalue weighted by Crippen LogP contribution is -2.46. The van der Waals surface area contributed by atoms with E-state index in [1.54, 1.807) is 0 Å². The summed E-state index contributed by atoms with van der Waals surface area (Å²) >= 11 is 0. The Kier molecular flexibility index (Phi) is 7.06. The second kappa shape index (κ2) is 8.37. The number of carbonyl (C=O) groups excluding carboxylic acids is 1. The van der Waals surface area contributed by atoms with Crippen molar-refractivity contribution in [2.24, 2.45) is 0 Å². The molecule has 1 aliphatic heterocycles. The van der Waals surface area contributed by atoms with Gasteiger partial charge in [0.2, 0.25) is 0 Å². The molecule has 0 radical (unpaired) electrons. The molecule has 3 nitrogen and oxygen atoms in total. The Bertz CT molecular complexity index is 204. The van der Waals surface area contributed by atoms with Gasteiger partial charge in [0, 0.05) is 26.2 Å². The third-order valence-electron chi connectivity index (χ3n) is 3.46. The lowest BCUT2D eigenvalue weighted by atomic mass is 10.1. The molecule has 0 saturated carbocycles. The Morgan fingerprint density at radius 3 is 2.00 bits per heavy atom. The molecular formula is C14H28N2O. The predicted octanol–water partition coefficient (Wildman–Crippen LogP) is 3.49. The molecule has 0 aromatic carbocycles. The monoisotopic (exact) mass is 240 g/mol. The highest BCUT2D eigenvalue weighted by Gasteiger charge is 2.21. The number of unbranched alkanes of at least 4 members (excludes halogenated alkanes) is 2. The number of rotatable bonds is 6. The molecule has 17 heavy (non-hydrogen) atoms. The summed E-state index contributed by atoms with van der Waals surface area (Å²) in [5.41, 5.74) is 0.